The second kappa shape index (κ2) is 21.2. The molecular weight excluding hydrogens is 464 g/mol. The van der Waals surface area contributed by atoms with Crippen molar-refractivity contribution in [3.63, 3.8) is 0 Å². The Labute approximate surface area is 225 Å². The van der Waals surface area contributed by atoms with Crippen LogP contribution in [0.15, 0.2) is 53.2 Å². The van der Waals surface area contributed by atoms with Crippen LogP contribution in [0.3, 0.4) is 0 Å². The monoisotopic (exact) mass is 516 g/mol. The minimum atomic E-state index is -0.721. The van der Waals surface area contributed by atoms with E-state index in [4.69, 9.17) is 0 Å². The molecule has 210 valence electrons. The maximum atomic E-state index is 12.9. The molecule has 8 nitrogen and oxygen atoms in total. The predicted octanol–water partition coefficient (Wildman–Crippen LogP) is 3.75. The number of hydrogen-bond acceptors (Lipinski definition) is 5. The third-order valence-electron chi connectivity index (χ3n) is 6.08. The molecule has 0 bridgehead atoms. The largest absolute Gasteiger partial charge is 0.379 e. The highest BCUT2D eigenvalue weighted by Crippen LogP contribution is 2.17. The van der Waals surface area contributed by atoms with Crippen LogP contribution in [0.25, 0.3) is 0 Å². The second-order valence-corrected chi connectivity index (χ2v) is 9.09. The lowest BCUT2D eigenvalue weighted by Gasteiger charge is -2.21. The normalized spacial score (nSPS) is 14.2. The number of carbonyl (C=O) groups is 2. The zero-order chi connectivity index (χ0) is 28.1. The summed E-state index contributed by atoms with van der Waals surface area (Å²) in [6.45, 7) is 19.6. The fraction of sp³-hybridized carbons (Fsp3) is 0.621. The van der Waals surface area contributed by atoms with Crippen molar-refractivity contribution < 1.29 is 9.59 Å². The predicted molar refractivity (Wildman–Crippen MR) is 158 cm³/mol. The lowest BCUT2D eigenvalue weighted by molar-refractivity contribution is -0.128. The van der Waals surface area contributed by atoms with Crippen molar-refractivity contribution in [2.24, 2.45) is 4.99 Å². The van der Waals surface area contributed by atoms with Crippen molar-refractivity contribution in [2.75, 3.05) is 33.2 Å². The molecule has 0 saturated carbocycles. The third-order valence-corrected chi connectivity index (χ3v) is 6.08. The summed E-state index contributed by atoms with van der Waals surface area (Å²) in [6.07, 6.45) is 11.3. The highest BCUT2D eigenvalue weighted by molar-refractivity contribution is 5.89. The Bertz CT molecular complexity index is 800. The van der Waals surface area contributed by atoms with E-state index in [0.29, 0.717) is 25.0 Å². The van der Waals surface area contributed by atoms with Gasteiger partial charge in [0.15, 0.2) is 0 Å². The zero-order valence-corrected chi connectivity index (χ0v) is 24.1. The molecule has 2 atom stereocenters. The molecule has 0 aromatic rings. The highest BCUT2D eigenvalue weighted by Gasteiger charge is 2.20. The number of nitrogens with zero attached hydrogens (tertiary/aromatic N) is 1. The zero-order valence-electron chi connectivity index (χ0n) is 24.1. The molecule has 0 saturated heterocycles. The summed E-state index contributed by atoms with van der Waals surface area (Å²) in [5, 5.41) is 15.6. The second-order valence-electron chi connectivity index (χ2n) is 9.09. The number of amides is 2. The van der Waals surface area contributed by atoms with E-state index >= 15 is 0 Å². The van der Waals surface area contributed by atoms with E-state index in [1.54, 1.807) is 7.05 Å². The first kappa shape index (κ1) is 34.1. The Kier molecular flexibility index (Phi) is 19.6. The molecule has 1 unspecified atom stereocenters. The topological polar surface area (TPSA) is 107 Å². The van der Waals surface area contributed by atoms with Gasteiger partial charge in [0.25, 0.3) is 0 Å². The molecule has 0 aliphatic carbocycles. The molecule has 37 heavy (non-hydrogen) atoms. The van der Waals surface area contributed by atoms with Crippen LogP contribution in [0, 0.1) is 0 Å². The number of rotatable bonds is 20. The quantitative estimate of drug-likeness (QED) is 0.0733. The van der Waals surface area contributed by atoms with Crippen molar-refractivity contribution >= 4 is 17.6 Å². The van der Waals surface area contributed by atoms with E-state index in [1.165, 1.54) is 5.57 Å². The molecule has 0 aromatic heterocycles. The summed E-state index contributed by atoms with van der Waals surface area (Å²) in [6, 6.07) is -0.326. The minimum Gasteiger partial charge on any atom is -0.379 e. The van der Waals surface area contributed by atoms with Crippen LogP contribution in [0.2, 0.25) is 0 Å². The van der Waals surface area contributed by atoms with Gasteiger partial charge in [-0.2, -0.15) is 0 Å². The van der Waals surface area contributed by atoms with Crippen molar-refractivity contribution in [1.29, 1.82) is 0 Å². The molecule has 0 aromatic carbocycles. The average molecular weight is 517 g/mol. The van der Waals surface area contributed by atoms with E-state index in [1.807, 2.05) is 19.1 Å². The molecule has 0 heterocycles. The van der Waals surface area contributed by atoms with Crippen molar-refractivity contribution in [2.45, 2.75) is 85.2 Å². The van der Waals surface area contributed by atoms with Gasteiger partial charge in [0.1, 0.15) is 6.04 Å². The standard InChI is InChI=1S/C29H52N6O2/c1-9-15-24(12-4)25(13-5)17-14-18-31-29(37)27(20-33-23(7)30-8)35-28(36)21-34-26(16-10-2)19-32-22(6)11-3/h12-13,16,22,27,32,34H,4-5,9-11,14-15,17-21H2,1-3,6-8H3,(H,30,33)(H,31,37)(H,35,36)/b25-24-,26-16?/t22-,27?/m0/s1. The van der Waals surface area contributed by atoms with Crippen LogP contribution in [0.4, 0.5) is 0 Å². The summed E-state index contributed by atoms with van der Waals surface area (Å²) >= 11 is 0. The van der Waals surface area contributed by atoms with Crippen molar-refractivity contribution in [3.05, 3.63) is 48.2 Å². The van der Waals surface area contributed by atoms with Gasteiger partial charge in [-0.05, 0) is 57.1 Å². The minimum absolute atomic E-state index is 0.0912. The Balaban J connectivity index is 5.02. The van der Waals surface area contributed by atoms with Crippen LogP contribution < -0.4 is 26.6 Å². The van der Waals surface area contributed by atoms with Crippen molar-refractivity contribution in [1.82, 2.24) is 26.6 Å². The summed E-state index contributed by atoms with van der Waals surface area (Å²) in [4.78, 5) is 29.7. The maximum Gasteiger partial charge on any atom is 0.244 e. The molecule has 0 aliphatic heterocycles. The first-order chi connectivity index (χ1) is 17.8. The van der Waals surface area contributed by atoms with E-state index in [0.717, 1.165) is 49.8 Å². The SMILES string of the molecule is C=C/C(CCC)=C(\C=C)CCCNC(=O)C(CNC(C)=NC)NC(=O)CNC(=CCC)CN[C@@H](C)CC. The van der Waals surface area contributed by atoms with Gasteiger partial charge in [-0.3, -0.25) is 14.6 Å². The van der Waals surface area contributed by atoms with Gasteiger partial charge in [-0.1, -0.05) is 58.6 Å². The molecular formula is C29H52N6O2. The first-order valence-corrected chi connectivity index (χ1v) is 13.6. The number of allylic oxidation sites excluding steroid dienone is 5. The van der Waals surface area contributed by atoms with Gasteiger partial charge < -0.3 is 26.6 Å². The van der Waals surface area contributed by atoms with E-state index in [-0.39, 0.29) is 24.9 Å². The maximum absolute atomic E-state index is 12.9. The van der Waals surface area contributed by atoms with Crippen LogP contribution in [0.5, 0.6) is 0 Å². The Morgan fingerprint density at radius 1 is 0.973 bits per heavy atom. The van der Waals surface area contributed by atoms with E-state index in [2.05, 4.69) is 78.5 Å². The molecule has 0 fully saturated rings. The van der Waals surface area contributed by atoms with E-state index in [9.17, 15) is 9.59 Å². The van der Waals surface area contributed by atoms with Crippen LogP contribution in [-0.2, 0) is 9.59 Å². The molecule has 0 spiro atoms. The van der Waals surface area contributed by atoms with Crippen LogP contribution in [-0.4, -0.2) is 63.0 Å². The smallest absolute Gasteiger partial charge is 0.244 e. The molecule has 0 radical (unpaired) electrons. The fourth-order valence-corrected chi connectivity index (χ4v) is 3.53. The van der Waals surface area contributed by atoms with Crippen LogP contribution >= 0.6 is 0 Å². The Hall–Kier alpha value is -2.87. The molecule has 0 rings (SSSR count). The van der Waals surface area contributed by atoms with E-state index < -0.39 is 6.04 Å². The average Bonchev–Trinajstić information content (AvgIpc) is 2.90. The van der Waals surface area contributed by atoms with Crippen LogP contribution in [0.1, 0.15) is 73.1 Å². The highest BCUT2D eigenvalue weighted by atomic mass is 16.2. The summed E-state index contributed by atoms with van der Waals surface area (Å²) in [7, 11) is 1.68. The summed E-state index contributed by atoms with van der Waals surface area (Å²) in [5.74, 6) is 0.225. The number of nitrogens with one attached hydrogen (secondary N) is 5. The van der Waals surface area contributed by atoms with Gasteiger partial charge in [-0.15, -0.1) is 0 Å². The first-order valence-electron chi connectivity index (χ1n) is 13.6. The van der Waals surface area contributed by atoms with Gasteiger partial charge in [-0.25, -0.2) is 0 Å². The van der Waals surface area contributed by atoms with Crippen molar-refractivity contribution in [3.8, 4) is 0 Å². The number of carbonyl (C=O) groups excluding carboxylic acids is 2. The summed E-state index contributed by atoms with van der Waals surface area (Å²) < 4.78 is 0. The van der Waals surface area contributed by atoms with Gasteiger partial charge in [0.05, 0.1) is 12.4 Å². The number of amidine groups is 1. The van der Waals surface area contributed by atoms with Gasteiger partial charge in [0.2, 0.25) is 11.8 Å². The number of hydrogen-bond donors (Lipinski definition) is 5. The van der Waals surface area contributed by atoms with Gasteiger partial charge >= 0.3 is 0 Å². The third kappa shape index (κ3) is 15.8. The fourth-order valence-electron chi connectivity index (χ4n) is 3.53. The molecule has 5 N–H and O–H groups in total. The van der Waals surface area contributed by atoms with Gasteiger partial charge in [0, 0.05) is 38.4 Å². The lowest BCUT2D eigenvalue weighted by Crippen LogP contribution is -2.54. The number of aliphatic imine (C=N–C) groups is 1. The Morgan fingerprint density at radius 3 is 2.22 bits per heavy atom. The molecule has 0 aliphatic rings. The lowest BCUT2D eigenvalue weighted by atomic mass is 9.99. The molecule has 8 heteroatoms. The molecule has 2 amide bonds. The Morgan fingerprint density at radius 2 is 1.65 bits per heavy atom. The summed E-state index contributed by atoms with van der Waals surface area (Å²) in [5.41, 5.74) is 3.34.